The number of carbonyl (C=O) groups is 2. The van der Waals surface area contributed by atoms with E-state index in [1.54, 1.807) is 25.1 Å². The zero-order valence-electron chi connectivity index (χ0n) is 15.3. The molecule has 0 radical (unpaired) electrons. The Hall–Kier alpha value is -3.09. The molecule has 1 N–H and O–H groups in total. The Labute approximate surface area is 157 Å². The third-order valence-electron chi connectivity index (χ3n) is 4.89. The summed E-state index contributed by atoms with van der Waals surface area (Å²) in [5, 5.41) is 0. The van der Waals surface area contributed by atoms with E-state index in [-0.39, 0.29) is 11.8 Å². The van der Waals surface area contributed by atoms with Crippen molar-refractivity contribution in [3.05, 3.63) is 53.7 Å². The summed E-state index contributed by atoms with van der Waals surface area (Å²) in [5.41, 5.74) is 2.95. The van der Waals surface area contributed by atoms with Gasteiger partial charge in [0.25, 0.3) is 5.91 Å². The molecular weight excluding hydrogens is 344 g/mol. The summed E-state index contributed by atoms with van der Waals surface area (Å²) in [6.45, 7) is 4.19. The Morgan fingerprint density at radius 3 is 2.78 bits per heavy atom. The third-order valence-corrected chi connectivity index (χ3v) is 4.89. The zero-order valence-corrected chi connectivity index (χ0v) is 15.3. The van der Waals surface area contributed by atoms with Crippen molar-refractivity contribution in [3.63, 3.8) is 0 Å². The molecule has 1 aliphatic rings. The van der Waals surface area contributed by atoms with Gasteiger partial charge >= 0.3 is 0 Å². The van der Waals surface area contributed by atoms with Crippen LogP contribution < -0.4 is 0 Å². The highest BCUT2D eigenvalue weighted by Crippen LogP contribution is 2.18. The maximum Gasteiger partial charge on any atom is 0.253 e. The van der Waals surface area contributed by atoms with Crippen molar-refractivity contribution in [2.75, 3.05) is 26.2 Å². The molecule has 0 saturated carbocycles. The monoisotopic (exact) mass is 366 g/mol. The SMILES string of the molecule is Cc1nc2cc(C(=O)N3CCCN(C(=O)Cc4cc[nH]c4)CC3)ccc2o1. The molecule has 3 aromatic rings. The maximum absolute atomic E-state index is 12.9. The Morgan fingerprint density at radius 1 is 1.15 bits per heavy atom. The molecule has 2 amide bonds. The van der Waals surface area contributed by atoms with Crippen LogP contribution in [0.1, 0.15) is 28.2 Å². The number of benzene rings is 1. The lowest BCUT2D eigenvalue weighted by molar-refractivity contribution is -0.130. The number of oxazole rings is 1. The zero-order chi connectivity index (χ0) is 18.8. The summed E-state index contributed by atoms with van der Waals surface area (Å²) >= 11 is 0. The number of H-pyrrole nitrogens is 1. The molecule has 1 fully saturated rings. The standard InChI is InChI=1S/C20H22N4O3/c1-14-22-17-12-16(3-4-18(17)27-14)20(26)24-8-2-7-23(9-10-24)19(25)11-15-5-6-21-13-15/h3-6,12-13,21H,2,7-11H2,1H3. The van der Waals surface area contributed by atoms with Crippen LogP contribution in [0.5, 0.6) is 0 Å². The van der Waals surface area contributed by atoms with Crippen molar-refractivity contribution in [2.24, 2.45) is 0 Å². The van der Waals surface area contributed by atoms with Gasteiger partial charge in [-0.05, 0) is 36.2 Å². The number of hydrogen-bond donors (Lipinski definition) is 1. The average molecular weight is 366 g/mol. The van der Waals surface area contributed by atoms with Gasteiger partial charge in [0.1, 0.15) is 5.52 Å². The first-order chi connectivity index (χ1) is 13.1. The van der Waals surface area contributed by atoms with Crippen molar-refractivity contribution in [1.82, 2.24) is 19.8 Å². The molecule has 0 spiro atoms. The van der Waals surface area contributed by atoms with Crippen LogP contribution in [-0.4, -0.2) is 57.8 Å². The molecule has 0 bridgehead atoms. The van der Waals surface area contributed by atoms with Gasteiger partial charge in [0.2, 0.25) is 5.91 Å². The molecule has 4 rings (SSSR count). The molecule has 0 unspecified atom stereocenters. The van der Waals surface area contributed by atoms with E-state index in [4.69, 9.17) is 4.42 Å². The van der Waals surface area contributed by atoms with Crippen LogP contribution in [0.15, 0.2) is 41.1 Å². The summed E-state index contributed by atoms with van der Waals surface area (Å²) in [4.78, 5) is 36.3. The molecule has 1 aliphatic heterocycles. The second kappa shape index (κ2) is 7.26. The molecule has 0 aliphatic carbocycles. The van der Waals surface area contributed by atoms with Crippen LogP contribution in [0.25, 0.3) is 11.1 Å². The fourth-order valence-corrected chi connectivity index (χ4v) is 3.48. The van der Waals surface area contributed by atoms with Gasteiger partial charge in [-0.25, -0.2) is 4.98 Å². The number of fused-ring (bicyclic) bond motifs is 1. The maximum atomic E-state index is 12.9. The van der Waals surface area contributed by atoms with Gasteiger partial charge < -0.3 is 19.2 Å². The third kappa shape index (κ3) is 3.72. The van der Waals surface area contributed by atoms with Gasteiger partial charge in [-0.15, -0.1) is 0 Å². The predicted octanol–water partition coefficient (Wildman–Crippen LogP) is 2.38. The summed E-state index contributed by atoms with van der Waals surface area (Å²) in [7, 11) is 0. The second-order valence-electron chi connectivity index (χ2n) is 6.84. The highest BCUT2D eigenvalue weighted by atomic mass is 16.3. The highest BCUT2D eigenvalue weighted by molar-refractivity contribution is 5.97. The molecule has 3 heterocycles. The van der Waals surface area contributed by atoms with Crippen molar-refractivity contribution < 1.29 is 14.0 Å². The van der Waals surface area contributed by atoms with E-state index in [1.807, 2.05) is 28.3 Å². The number of carbonyl (C=O) groups excluding carboxylic acids is 2. The first kappa shape index (κ1) is 17.3. The number of aromatic amines is 1. The topological polar surface area (TPSA) is 82.4 Å². The summed E-state index contributed by atoms with van der Waals surface area (Å²) in [5.74, 6) is 0.654. The molecule has 7 nitrogen and oxygen atoms in total. The highest BCUT2D eigenvalue weighted by Gasteiger charge is 2.23. The fourth-order valence-electron chi connectivity index (χ4n) is 3.48. The van der Waals surface area contributed by atoms with E-state index in [0.717, 1.165) is 12.0 Å². The quantitative estimate of drug-likeness (QED) is 0.772. The average Bonchev–Trinajstić information content (AvgIpc) is 3.21. The molecule has 0 atom stereocenters. The van der Waals surface area contributed by atoms with Gasteiger partial charge in [0.15, 0.2) is 11.5 Å². The predicted molar refractivity (Wildman–Crippen MR) is 100 cm³/mol. The van der Waals surface area contributed by atoms with Crippen LogP contribution in [0.2, 0.25) is 0 Å². The lowest BCUT2D eigenvalue weighted by Crippen LogP contribution is -2.37. The van der Waals surface area contributed by atoms with Crippen LogP contribution in [0.3, 0.4) is 0 Å². The second-order valence-corrected chi connectivity index (χ2v) is 6.84. The molecule has 1 saturated heterocycles. The van der Waals surface area contributed by atoms with Crippen molar-refractivity contribution in [3.8, 4) is 0 Å². The summed E-state index contributed by atoms with van der Waals surface area (Å²) in [6.07, 6.45) is 4.82. The molecule has 140 valence electrons. The Morgan fingerprint density at radius 2 is 1.96 bits per heavy atom. The summed E-state index contributed by atoms with van der Waals surface area (Å²) in [6, 6.07) is 7.24. The lowest BCUT2D eigenvalue weighted by Gasteiger charge is -2.22. The molecule has 1 aromatic carbocycles. The minimum absolute atomic E-state index is 0.0301. The van der Waals surface area contributed by atoms with Crippen LogP contribution >= 0.6 is 0 Å². The number of nitrogens with one attached hydrogen (secondary N) is 1. The number of aryl methyl sites for hydroxylation is 1. The normalized spacial score (nSPS) is 15.1. The molecular formula is C20H22N4O3. The number of nitrogens with zero attached hydrogens (tertiary/aromatic N) is 3. The van der Waals surface area contributed by atoms with Gasteiger partial charge in [0, 0.05) is 51.1 Å². The Bertz CT molecular complexity index is 961. The van der Waals surface area contributed by atoms with Crippen molar-refractivity contribution in [2.45, 2.75) is 19.8 Å². The van der Waals surface area contributed by atoms with E-state index in [1.165, 1.54) is 0 Å². The van der Waals surface area contributed by atoms with Crippen LogP contribution in [0.4, 0.5) is 0 Å². The largest absolute Gasteiger partial charge is 0.441 e. The first-order valence-electron chi connectivity index (χ1n) is 9.16. The number of amides is 2. The Kier molecular flexibility index (Phi) is 4.66. The van der Waals surface area contributed by atoms with Gasteiger partial charge in [-0.1, -0.05) is 0 Å². The van der Waals surface area contributed by atoms with Crippen molar-refractivity contribution >= 4 is 22.9 Å². The fraction of sp³-hybridized carbons (Fsp3) is 0.350. The van der Waals surface area contributed by atoms with Gasteiger partial charge in [-0.3, -0.25) is 9.59 Å². The minimum atomic E-state index is -0.0301. The number of aromatic nitrogens is 2. The molecule has 27 heavy (non-hydrogen) atoms. The van der Waals surface area contributed by atoms with E-state index in [2.05, 4.69) is 9.97 Å². The lowest BCUT2D eigenvalue weighted by atomic mass is 10.1. The van der Waals surface area contributed by atoms with E-state index in [0.29, 0.717) is 55.2 Å². The van der Waals surface area contributed by atoms with E-state index < -0.39 is 0 Å². The first-order valence-corrected chi connectivity index (χ1v) is 9.16. The number of hydrogen-bond acceptors (Lipinski definition) is 4. The van der Waals surface area contributed by atoms with Gasteiger partial charge in [0.05, 0.1) is 6.42 Å². The summed E-state index contributed by atoms with van der Waals surface area (Å²) < 4.78 is 5.47. The minimum Gasteiger partial charge on any atom is -0.441 e. The van der Waals surface area contributed by atoms with E-state index in [9.17, 15) is 9.59 Å². The molecule has 2 aromatic heterocycles. The smallest absolute Gasteiger partial charge is 0.253 e. The number of rotatable bonds is 3. The Balaban J connectivity index is 1.42. The van der Waals surface area contributed by atoms with Gasteiger partial charge in [-0.2, -0.15) is 0 Å². The van der Waals surface area contributed by atoms with Crippen molar-refractivity contribution in [1.29, 1.82) is 0 Å². The molecule has 7 heteroatoms. The van der Waals surface area contributed by atoms with E-state index >= 15 is 0 Å². The van der Waals surface area contributed by atoms with Crippen LogP contribution in [0, 0.1) is 6.92 Å². The van der Waals surface area contributed by atoms with Crippen LogP contribution in [-0.2, 0) is 11.2 Å².